The number of hydrogen-bond donors (Lipinski definition) is 1. The highest BCUT2D eigenvalue weighted by Crippen LogP contribution is 2.45. The zero-order chi connectivity index (χ0) is 77.9. The van der Waals surface area contributed by atoms with Gasteiger partial charge in [-0.05, 0) is 126 Å². The molecular weight excluding hydrogens is 1360 g/mol. The lowest BCUT2D eigenvalue weighted by molar-refractivity contribution is -0.178. The van der Waals surface area contributed by atoms with Crippen molar-refractivity contribution in [3.05, 3.63) is 0 Å². The van der Waals surface area contributed by atoms with Gasteiger partial charge in [-0.15, -0.1) is 11.6 Å². The van der Waals surface area contributed by atoms with Gasteiger partial charge in [0.05, 0.1) is 72.4 Å². The Bertz CT molecular complexity index is 2880. The Hall–Kier alpha value is -6.97. The molecule has 2 saturated carbocycles. The number of halogens is 1. The van der Waals surface area contributed by atoms with Gasteiger partial charge < -0.3 is 66.7 Å². The fourth-order valence-corrected chi connectivity index (χ4v) is 9.71. The van der Waals surface area contributed by atoms with Crippen molar-refractivity contribution in [3.8, 4) is 0 Å². The second-order valence-corrected chi connectivity index (χ2v) is 29.9. The first-order valence-corrected chi connectivity index (χ1v) is 36.2. The molecule has 8 aliphatic rings. The third kappa shape index (κ3) is 28.9. The lowest BCUT2D eigenvalue weighted by atomic mass is 9.89. The van der Waals surface area contributed by atoms with Gasteiger partial charge in [0.25, 0.3) is 0 Å². The molecule has 8 fully saturated rings. The highest BCUT2D eigenvalue weighted by atomic mass is 35.5. The molecule has 0 aromatic heterocycles. The molecule has 8 rings (SSSR count). The first-order valence-electron chi connectivity index (χ1n) is 35.7. The SMILES string of the molecule is CCC(C)(C)C(=O)OC1(C)CCC(=O)C1.CCC(C)(C)C(=O)OC12CCCC1OC(=O)C2.CCC(C)(C)C(=O)OC1C(=O)OCC1O.CCC(C)C(=O)OC1(C)CCOC(=O)C1.CCC(C)C(=O)OC1CCOC1=O.CCC(C)C(=O)OC1COC(=O)C1.CCC(C)C(=O)OC1COC(=O)C1Cl. The van der Waals surface area contributed by atoms with Crippen molar-refractivity contribution in [1.29, 1.82) is 0 Å². The summed E-state index contributed by atoms with van der Waals surface area (Å²) in [6.07, 6.45) is 6.65. The second kappa shape index (κ2) is 41.5. The van der Waals surface area contributed by atoms with Crippen molar-refractivity contribution in [2.45, 2.75) is 306 Å². The number of aliphatic hydroxyl groups is 1. The summed E-state index contributed by atoms with van der Waals surface area (Å²) in [6, 6.07) is 0. The Balaban J connectivity index is 0.000000405. The maximum Gasteiger partial charge on any atom is 0.350 e. The smallest absolute Gasteiger partial charge is 0.350 e. The molecule has 14 atom stereocenters. The zero-order valence-electron chi connectivity index (χ0n) is 63.5. The molecular formula is C73H115ClO28. The number of hydrogen-bond acceptors (Lipinski definition) is 28. The summed E-state index contributed by atoms with van der Waals surface area (Å²) in [5.74, 6) is -4.79. The van der Waals surface area contributed by atoms with Crippen LogP contribution in [0.3, 0.4) is 0 Å². The molecule has 6 aliphatic heterocycles. The number of rotatable bonds is 21. The summed E-state index contributed by atoms with van der Waals surface area (Å²) < 4.78 is 65.0. The maximum atomic E-state index is 12.1. The van der Waals surface area contributed by atoms with E-state index >= 15 is 0 Å². The van der Waals surface area contributed by atoms with Crippen molar-refractivity contribution in [2.75, 3.05) is 33.0 Å². The number of alkyl halides is 1. The minimum Gasteiger partial charge on any atom is -0.465 e. The van der Waals surface area contributed by atoms with Crippen LogP contribution < -0.4 is 0 Å². The predicted octanol–water partition coefficient (Wildman–Crippen LogP) is 9.50. The van der Waals surface area contributed by atoms with Crippen LogP contribution in [-0.2, 0) is 129 Å². The minimum atomic E-state index is -1.16. The van der Waals surface area contributed by atoms with Crippen LogP contribution in [0.25, 0.3) is 0 Å². The van der Waals surface area contributed by atoms with Gasteiger partial charge in [-0.3, -0.25) is 57.5 Å². The van der Waals surface area contributed by atoms with Crippen LogP contribution in [0.1, 0.15) is 247 Å². The van der Waals surface area contributed by atoms with Gasteiger partial charge in [0.15, 0.2) is 17.1 Å². The number of ether oxygens (including phenoxy) is 13. The largest absolute Gasteiger partial charge is 0.465 e. The lowest BCUT2D eigenvalue weighted by Gasteiger charge is -2.32. The molecule has 102 heavy (non-hydrogen) atoms. The highest BCUT2D eigenvalue weighted by molar-refractivity contribution is 6.31. The second-order valence-electron chi connectivity index (χ2n) is 29.4. The predicted molar refractivity (Wildman–Crippen MR) is 363 cm³/mol. The van der Waals surface area contributed by atoms with E-state index in [-0.39, 0.29) is 134 Å². The molecule has 1 N–H and O–H groups in total. The summed E-state index contributed by atoms with van der Waals surface area (Å²) >= 11 is 5.67. The molecule has 2 aliphatic carbocycles. The molecule has 0 bridgehead atoms. The van der Waals surface area contributed by atoms with Gasteiger partial charge in [-0.2, -0.15) is 0 Å². The first kappa shape index (κ1) is 91.1. The van der Waals surface area contributed by atoms with Crippen molar-refractivity contribution in [2.24, 2.45) is 39.9 Å². The topological polar surface area (TPSA) is 379 Å². The van der Waals surface area contributed by atoms with Gasteiger partial charge in [-0.25, -0.2) is 9.59 Å². The van der Waals surface area contributed by atoms with Crippen LogP contribution in [0.5, 0.6) is 0 Å². The van der Waals surface area contributed by atoms with E-state index in [1.165, 1.54) is 0 Å². The van der Waals surface area contributed by atoms with E-state index in [1.807, 2.05) is 90.0 Å². The molecule has 6 saturated heterocycles. The lowest BCUT2D eigenvalue weighted by Crippen LogP contribution is -2.42. The van der Waals surface area contributed by atoms with Crippen LogP contribution in [0.15, 0.2) is 0 Å². The van der Waals surface area contributed by atoms with Crippen LogP contribution in [0, 0.1) is 39.9 Å². The summed E-state index contributed by atoms with van der Waals surface area (Å²) in [4.78, 5) is 158. The number of fused-ring (bicyclic) bond motifs is 1. The number of Topliss-reactive ketones (excluding diaryl/α,β-unsaturated/α-hetero) is 1. The molecule has 0 spiro atoms. The Labute approximate surface area is 605 Å². The number of carbonyl (C=O) groups excluding carboxylic acids is 14. The quantitative estimate of drug-likeness (QED) is 0.0634. The Morgan fingerprint density at radius 2 is 1.02 bits per heavy atom. The van der Waals surface area contributed by atoms with E-state index in [0.29, 0.717) is 58.2 Å². The van der Waals surface area contributed by atoms with E-state index in [0.717, 1.165) is 51.4 Å². The van der Waals surface area contributed by atoms with Crippen LogP contribution in [0.4, 0.5) is 0 Å². The van der Waals surface area contributed by atoms with Gasteiger partial charge in [0, 0.05) is 25.7 Å². The summed E-state index contributed by atoms with van der Waals surface area (Å²) in [5, 5.41) is 8.47. The van der Waals surface area contributed by atoms with Gasteiger partial charge in [-0.1, -0.05) is 76.2 Å². The molecule has 14 unspecified atom stereocenters. The molecule has 28 nitrogen and oxygen atoms in total. The molecule has 0 aromatic rings. The van der Waals surface area contributed by atoms with Crippen molar-refractivity contribution in [1.82, 2.24) is 0 Å². The Morgan fingerprint density at radius 1 is 0.510 bits per heavy atom. The van der Waals surface area contributed by atoms with E-state index in [2.05, 4.69) is 18.9 Å². The standard InChI is InChI=1S/C13H20O4.C12H20O3.C11H18O4.C10H16O5.C9H13ClO4.2C9H14O4/c1-4-12(2,3)11(15)17-13-7-5-6-9(13)16-10(14)8-13;1-5-11(2,3)10(14)15-12(4)7-6-9(13)8-12;1-4-8(2)10(13)15-11(3)5-6-14-9(12)7-11;1-4-10(2,3)9(13)15-7-6(11)5-14-8(7)12;1-3-5(2)8(11)14-6-4-13-9(12)7(6)10;1-3-6(2)9(11)13-7-4-8(10)12-5-7;1-3-6(2)8(10)13-7-4-5-12-9(7)11/h9H,4-8H2,1-3H3;5-8H2,1-4H3;8H,4-7H2,1-3H3;6-7,11H,4-5H2,1-3H3;5-7H,3-4H2,1-2H3;2*6-7H,3-5H2,1-2H3. The van der Waals surface area contributed by atoms with Crippen molar-refractivity contribution >= 4 is 95.0 Å². The van der Waals surface area contributed by atoms with E-state index in [4.69, 9.17) is 54.2 Å². The number of cyclic esters (lactones) is 5. The van der Waals surface area contributed by atoms with Crippen molar-refractivity contribution in [3.63, 3.8) is 0 Å². The van der Waals surface area contributed by atoms with E-state index < -0.39 is 86.7 Å². The number of aliphatic hydroxyl groups excluding tert-OH is 1. The number of esters is 13. The Morgan fingerprint density at radius 3 is 1.47 bits per heavy atom. The average Bonchev–Trinajstić information content (AvgIpc) is 1.62. The first-order chi connectivity index (χ1) is 47.4. The van der Waals surface area contributed by atoms with E-state index in [1.54, 1.807) is 41.5 Å². The van der Waals surface area contributed by atoms with Gasteiger partial charge >= 0.3 is 77.6 Å². The summed E-state index contributed by atoms with van der Waals surface area (Å²) in [7, 11) is 0. The molecule has 29 heteroatoms. The summed E-state index contributed by atoms with van der Waals surface area (Å²) in [5.41, 5.74) is -3.48. The normalized spacial score (nSPS) is 27.3. The zero-order valence-corrected chi connectivity index (χ0v) is 64.2. The fourth-order valence-electron chi connectivity index (χ4n) is 9.52. The maximum absolute atomic E-state index is 12.1. The molecule has 0 radical (unpaired) electrons. The average molecular weight is 1480 g/mol. The third-order valence-corrected chi connectivity index (χ3v) is 19.8. The minimum absolute atomic E-state index is 0.0647. The van der Waals surface area contributed by atoms with Crippen LogP contribution in [-0.4, -0.2) is 180 Å². The number of carbonyl (C=O) groups is 14. The van der Waals surface area contributed by atoms with Crippen LogP contribution in [0.2, 0.25) is 0 Å². The van der Waals surface area contributed by atoms with Crippen LogP contribution >= 0.6 is 11.6 Å². The molecule has 582 valence electrons. The Kier molecular flexibility index (Phi) is 37.1. The third-order valence-electron chi connectivity index (χ3n) is 19.3. The van der Waals surface area contributed by atoms with Crippen molar-refractivity contribution < 1.29 is 134 Å². The van der Waals surface area contributed by atoms with Gasteiger partial charge in [0.2, 0.25) is 12.2 Å². The highest BCUT2D eigenvalue weighted by Gasteiger charge is 2.56. The monoisotopic (exact) mass is 1470 g/mol. The van der Waals surface area contributed by atoms with E-state index in [9.17, 15) is 72.2 Å². The summed E-state index contributed by atoms with van der Waals surface area (Å²) in [6.45, 7) is 36.0. The molecule has 6 heterocycles. The van der Waals surface area contributed by atoms with Gasteiger partial charge in [0.1, 0.15) is 55.1 Å². The molecule has 0 amide bonds. The molecule has 0 aromatic carbocycles. The number of ketones is 1. The fraction of sp³-hybridized carbons (Fsp3) is 0.808.